The van der Waals surface area contributed by atoms with Crippen LogP contribution in [-0.2, 0) is 13.1 Å². The van der Waals surface area contributed by atoms with Gasteiger partial charge in [-0.15, -0.1) is 5.10 Å². The third-order valence-corrected chi connectivity index (χ3v) is 3.65. The number of carbonyl (C=O) groups is 1. The number of aromatic nitrogens is 3. The molecular formula is C18H17FN4O2. The first-order chi connectivity index (χ1) is 12.1. The molecule has 0 aliphatic carbocycles. The summed E-state index contributed by atoms with van der Waals surface area (Å²) in [7, 11) is 0. The van der Waals surface area contributed by atoms with Crippen LogP contribution in [0.15, 0.2) is 60.9 Å². The van der Waals surface area contributed by atoms with Crippen LogP contribution in [0.25, 0.3) is 0 Å². The molecule has 7 heteroatoms. The van der Waals surface area contributed by atoms with Crippen LogP contribution in [-0.4, -0.2) is 25.8 Å². The molecular weight excluding hydrogens is 323 g/mol. The fourth-order valence-electron chi connectivity index (χ4n) is 2.31. The quantitative estimate of drug-likeness (QED) is 0.720. The first kappa shape index (κ1) is 16.8. The van der Waals surface area contributed by atoms with E-state index in [1.165, 1.54) is 23.1 Å². The summed E-state index contributed by atoms with van der Waals surface area (Å²) in [5.41, 5.74) is 1.54. The molecule has 0 spiro atoms. The number of nitrogens with zero attached hydrogens (tertiary/aromatic N) is 3. The van der Waals surface area contributed by atoms with Gasteiger partial charge in [0.1, 0.15) is 12.1 Å². The summed E-state index contributed by atoms with van der Waals surface area (Å²) in [6.07, 6.45) is 0.664. The highest BCUT2D eigenvalue weighted by molar-refractivity contribution is 5.90. The fourth-order valence-corrected chi connectivity index (χ4v) is 2.31. The molecule has 3 rings (SSSR count). The zero-order valence-corrected chi connectivity index (χ0v) is 13.3. The molecule has 2 aromatic carbocycles. The number of aliphatic hydroxyl groups is 1. The van der Waals surface area contributed by atoms with Crippen molar-refractivity contribution in [3.05, 3.63) is 83.7 Å². The van der Waals surface area contributed by atoms with Crippen LogP contribution in [0.1, 0.15) is 27.8 Å². The highest BCUT2D eigenvalue weighted by Crippen LogP contribution is 2.13. The summed E-state index contributed by atoms with van der Waals surface area (Å²) in [6, 6.07) is 15.0. The molecule has 128 valence electrons. The van der Waals surface area contributed by atoms with Crippen LogP contribution in [0, 0.1) is 5.82 Å². The Morgan fingerprint density at radius 2 is 1.88 bits per heavy atom. The summed E-state index contributed by atoms with van der Waals surface area (Å²) >= 11 is 0. The maximum absolute atomic E-state index is 12.8. The molecule has 3 aromatic rings. The molecule has 25 heavy (non-hydrogen) atoms. The van der Waals surface area contributed by atoms with Gasteiger partial charge >= 0.3 is 0 Å². The molecule has 0 aliphatic heterocycles. The van der Waals surface area contributed by atoms with Gasteiger partial charge in [-0.1, -0.05) is 42.5 Å². The van der Waals surface area contributed by atoms with Crippen molar-refractivity contribution in [1.82, 2.24) is 20.1 Å². The average molecular weight is 340 g/mol. The van der Waals surface area contributed by atoms with Crippen LogP contribution in [0.4, 0.5) is 4.39 Å². The van der Waals surface area contributed by atoms with Crippen molar-refractivity contribution in [3.8, 4) is 0 Å². The number of amides is 1. The minimum absolute atomic E-state index is 0.0161. The van der Waals surface area contributed by atoms with E-state index >= 15 is 0 Å². The monoisotopic (exact) mass is 340 g/mol. The fraction of sp³-hybridized carbons (Fsp3) is 0.167. The van der Waals surface area contributed by atoms with Gasteiger partial charge in [0.05, 0.1) is 12.6 Å². The van der Waals surface area contributed by atoms with E-state index < -0.39 is 12.0 Å². The maximum atomic E-state index is 12.8. The Bertz CT molecular complexity index is 834. The zero-order valence-electron chi connectivity index (χ0n) is 13.3. The van der Waals surface area contributed by atoms with E-state index in [-0.39, 0.29) is 24.7 Å². The lowest BCUT2D eigenvalue weighted by atomic mass is 10.1. The molecule has 6 nitrogen and oxygen atoms in total. The Hall–Kier alpha value is -3.06. The van der Waals surface area contributed by atoms with Crippen molar-refractivity contribution in [3.63, 3.8) is 0 Å². The number of halogens is 1. The highest BCUT2D eigenvalue weighted by atomic mass is 19.1. The van der Waals surface area contributed by atoms with E-state index in [2.05, 4.69) is 15.4 Å². The van der Waals surface area contributed by atoms with Crippen molar-refractivity contribution in [2.45, 2.75) is 19.2 Å². The second-order valence-corrected chi connectivity index (χ2v) is 5.53. The van der Waals surface area contributed by atoms with Gasteiger partial charge in [0.25, 0.3) is 5.91 Å². The molecule has 2 N–H and O–H groups in total. The molecule has 0 aliphatic rings. The average Bonchev–Trinajstić information content (AvgIpc) is 3.10. The Balaban J connectivity index is 1.57. The van der Waals surface area contributed by atoms with Crippen molar-refractivity contribution >= 4 is 5.91 Å². The molecule has 0 bridgehead atoms. The zero-order chi connectivity index (χ0) is 17.6. The largest absolute Gasteiger partial charge is 0.386 e. The van der Waals surface area contributed by atoms with Crippen molar-refractivity contribution in [2.75, 3.05) is 0 Å². The Morgan fingerprint density at radius 1 is 1.16 bits per heavy atom. The van der Waals surface area contributed by atoms with Gasteiger partial charge in [0.2, 0.25) is 5.82 Å². The van der Waals surface area contributed by atoms with E-state index in [0.29, 0.717) is 0 Å². The van der Waals surface area contributed by atoms with Gasteiger partial charge in [-0.3, -0.25) is 4.79 Å². The van der Waals surface area contributed by atoms with E-state index in [1.807, 2.05) is 30.3 Å². The molecule has 1 atom stereocenters. The third-order valence-electron chi connectivity index (χ3n) is 3.65. The lowest BCUT2D eigenvalue weighted by molar-refractivity contribution is 0.0938. The predicted octanol–water partition coefficient (Wildman–Crippen LogP) is 2.08. The summed E-state index contributed by atoms with van der Waals surface area (Å²) in [5.74, 6) is -0.743. The second-order valence-electron chi connectivity index (χ2n) is 5.53. The van der Waals surface area contributed by atoms with Crippen LogP contribution in [0.3, 0.4) is 0 Å². The number of aliphatic hydroxyl groups excluding tert-OH is 1. The molecule has 0 saturated carbocycles. The van der Waals surface area contributed by atoms with Gasteiger partial charge in [0, 0.05) is 6.54 Å². The third kappa shape index (κ3) is 4.48. The van der Waals surface area contributed by atoms with E-state index in [1.54, 1.807) is 12.1 Å². The smallest absolute Gasteiger partial charge is 0.291 e. The van der Waals surface area contributed by atoms with E-state index in [4.69, 9.17) is 0 Å². The Kier molecular flexibility index (Phi) is 5.15. The van der Waals surface area contributed by atoms with Gasteiger partial charge in [-0.2, -0.15) is 0 Å². The van der Waals surface area contributed by atoms with Crippen LogP contribution in [0.2, 0.25) is 0 Å². The van der Waals surface area contributed by atoms with Gasteiger partial charge in [-0.05, 0) is 23.3 Å². The minimum atomic E-state index is -0.738. The van der Waals surface area contributed by atoms with Crippen LogP contribution >= 0.6 is 0 Å². The summed E-state index contributed by atoms with van der Waals surface area (Å²) in [5, 5.41) is 16.9. The Morgan fingerprint density at radius 3 is 2.60 bits per heavy atom. The van der Waals surface area contributed by atoms with Gasteiger partial charge < -0.3 is 10.4 Å². The first-order valence-electron chi connectivity index (χ1n) is 7.77. The van der Waals surface area contributed by atoms with Crippen molar-refractivity contribution in [2.24, 2.45) is 0 Å². The Labute approximate surface area is 144 Å². The number of hydrogen-bond donors (Lipinski definition) is 2. The molecule has 0 fully saturated rings. The summed E-state index contributed by atoms with van der Waals surface area (Å²) in [4.78, 5) is 16.0. The highest BCUT2D eigenvalue weighted by Gasteiger charge is 2.14. The molecule has 0 radical (unpaired) electrons. The van der Waals surface area contributed by atoms with Crippen molar-refractivity contribution < 1.29 is 14.3 Å². The molecule has 1 aromatic heterocycles. The number of carbonyl (C=O) groups excluding carboxylic acids is 1. The number of benzene rings is 2. The summed E-state index contributed by atoms with van der Waals surface area (Å²) < 4.78 is 14.3. The lowest BCUT2D eigenvalue weighted by Crippen LogP contribution is -2.24. The summed E-state index contributed by atoms with van der Waals surface area (Å²) in [6.45, 7) is 0.447. The topological polar surface area (TPSA) is 80.0 Å². The van der Waals surface area contributed by atoms with Gasteiger partial charge in [0.15, 0.2) is 0 Å². The number of rotatable bonds is 6. The SMILES string of the molecule is O=C(NCc1ccc(F)cc1)c1ncn(C[C@@H](O)c2ccccc2)n1. The second kappa shape index (κ2) is 7.67. The predicted molar refractivity (Wildman–Crippen MR) is 89.0 cm³/mol. The number of hydrogen-bond acceptors (Lipinski definition) is 4. The first-order valence-corrected chi connectivity index (χ1v) is 7.77. The standard InChI is InChI=1S/C18H17FN4O2/c19-15-8-6-13(7-9-15)10-20-18(25)17-21-12-23(22-17)11-16(24)14-4-2-1-3-5-14/h1-9,12,16,24H,10-11H2,(H,20,25)/t16-/m1/s1. The minimum Gasteiger partial charge on any atom is -0.386 e. The van der Waals surface area contributed by atoms with E-state index in [9.17, 15) is 14.3 Å². The van der Waals surface area contributed by atoms with Gasteiger partial charge in [-0.25, -0.2) is 14.1 Å². The van der Waals surface area contributed by atoms with Crippen LogP contribution < -0.4 is 5.32 Å². The van der Waals surface area contributed by atoms with E-state index in [0.717, 1.165) is 11.1 Å². The molecule has 0 unspecified atom stereocenters. The maximum Gasteiger partial charge on any atom is 0.291 e. The lowest BCUT2D eigenvalue weighted by Gasteiger charge is -2.10. The van der Waals surface area contributed by atoms with Crippen LogP contribution in [0.5, 0.6) is 0 Å². The molecule has 1 amide bonds. The molecule has 0 saturated heterocycles. The normalized spacial score (nSPS) is 11.9. The molecule has 1 heterocycles. The number of nitrogens with one attached hydrogen (secondary N) is 1. The van der Waals surface area contributed by atoms with Crippen molar-refractivity contribution in [1.29, 1.82) is 0 Å².